The van der Waals surface area contributed by atoms with Gasteiger partial charge in [0, 0.05) is 0 Å². The second-order valence-corrected chi connectivity index (χ2v) is 4.36. The number of allylic oxidation sites excluding steroid dienone is 2. The summed E-state index contributed by atoms with van der Waals surface area (Å²) in [4.78, 5) is 1.14. The van der Waals surface area contributed by atoms with Gasteiger partial charge in [-0.3, -0.25) is 0 Å². The highest BCUT2D eigenvalue weighted by Crippen LogP contribution is 2.33. The van der Waals surface area contributed by atoms with Crippen molar-refractivity contribution in [2.24, 2.45) is 0 Å². The minimum Gasteiger partial charge on any atom is -0.390 e. The third kappa shape index (κ3) is 2.53. The van der Waals surface area contributed by atoms with Crippen molar-refractivity contribution in [3.63, 3.8) is 0 Å². The number of thiol groups is 1. The molecule has 0 saturated heterocycles. The van der Waals surface area contributed by atoms with Gasteiger partial charge in [0.2, 0.25) is 0 Å². The Kier molecular flexibility index (Phi) is 2.66. The molecule has 1 nitrogen and oxygen atoms in total. The number of rotatable bonds is 0. The highest BCUT2D eigenvalue weighted by Gasteiger charge is 2.25. The Morgan fingerprint density at radius 3 is 2.27 bits per heavy atom. The fourth-order valence-electron chi connectivity index (χ4n) is 1.45. The first kappa shape index (κ1) is 9.14. The van der Waals surface area contributed by atoms with Crippen LogP contribution in [0.5, 0.6) is 0 Å². The highest BCUT2D eigenvalue weighted by molar-refractivity contribution is 7.84. The van der Waals surface area contributed by atoms with Gasteiger partial charge >= 0.3 is 0 Å². The Balaban J connectivity index is 2.56. The predicted octanol–water partition coefficient (Wildman–Crippen LogP) is 2.52. The van der Waals surface area contributed by atoms with Gasteiger partial charge in [-0.15, -0.1) is 12.6 Å². The third-order valence-electron chi connectivity index (χ3n) is 2.44. The first-order valence-corrected chi connectivity index (χ1v) is 4.56. The molecule has 0 aliphatic heterocycles. The number of aliphatic hydroxyl groups is 1. The smallest absolute Gasteiger partial charge is 0.0625 e. The van der Waals surface area contributed by atoms with Crippen molar-refractivity contribution in [3.05, 3.63) is 10.5 Å². The Labute approximate surface area is 73.9 Å². The van der Waals surface area contributed by atoms with E-state index >= 15 is 0 Å². The molecule has 1 aliphatic carbocycles. The summed E-state index contributed by atoms with van der Waals surface area (Å²) in [6.07, 6.45) is 3.81. The molecule has 1 rings (SSSR count). The molecule has 0 spiro atoms. The van der Waals surface area contributed by atoms with Gasteiger partial charge in [-0.1, -0.05) is 5.57 Å². The van der Waals surface area contributed by atoms with E-state index in [1.54, 1.807) is 0 Å². The summed E-state index contributed by atoms with van der Waals surface area (Å²) < 4.78 is 0. The molecule has 1 fully saturated rings. The third-order valence-corrected chi connectivity index (χ3v) is 2.76. The summed E-state index contributed by atoms with van der Waals surface area (Å²) in [6.45, 7) is 3.94. The van der Waals surface area contributed by atoms with E-state index in [1.807, 2.05) is 13.8 Å². The zero-order valence-corrected chi connectivity index (χ0v) is 8.12. The van der Waals surface area contributed by atoms with Crippen LogP contribution < -0.4 is 0 Å². The second-order valence-electron chi connectivity index (χ2n) is 3.69. The van der Waals surface area contributed by atoms with Gasteiger partial charge in [0.1, 0.15) is 0 Å². The molecule has 64 valence electrons. The van der Waals surface area contributed by atoms with Crippen LogP contribution in [0.25, 0.3) is 0 Å². The maximum atomic E-state index is 9.63. The summed E-state index contributed by atoms with van der Waals surface area (Å²) in [5.41, 5.74) is 0.993. The molecular formula is C9H16OS. The average molecular weight is 172 g/mol. The van der Waals surface area contributed by atoms with Crippen LogP contribution >= 0.6 is 12.6 Å². The van der Waals surface area contributed by atoms with E-state index in [-0.39, 0.29) is 0 Å². The van der Waals surface area contributed by atoms with Crippen LogP contribution in [0.1, 0.15) is 39.5 Å². The van der Waals surface area contributed by atoms with E-state index < -0.39 is 5.60 Å². The van der Waals surface area contributed by atoms with Crippen LogP contribution in [0.2, 0.25) is 0 Å². The SMILES string of the molecule is CC(S)=C1CCC(C)(O)CC1. The van der Waals surface area contributed by atoms with E-state index in [9.17, 15) is 5.11 Å². The molecule has 1 N–H and O–H groups in total. The van der Waals surface area contributed by atoms with Gasteiger partial charge in [0.05, 0.1) is 5.60 Å². The van der Waals surface area contributed by atoms with E-state index in [1.165, 1.54) is 5.57 Å². The predicted molar refractivity (Wildman–Crippen MR) is 50.8 cm³/mol. The number of hydrogen-bond acceptors (Lipinski definition) is 2. The molecular weight excluding hydrogens is 156 g/mol. The topological polar surface area (TPSA) is 20.2 Å². The lowest BCUT2D eigenvalue weighted by molar-refractivity contribution is 0.0327. The van der Waals surface area contributed by atoms with Gasteiger partial charge in [0.15, 0.2) is 0 Å². The Hall–Kier alpha value is 0.0500. The normalized spacial score (nSPS) is 32.2. The molecule has 0 heterocycles. The molecule has 11 heavy (non-hydrogen) atoms. The van der Waals surface area contributed by atoms with Crippen molar-refractivity contribution in [3.8, 4) is 0 Å². The van der Waals surface area contributed by atoms with E-state index in [2.05, 4.69) is 12.6 Å². The largest absolute Gasteiger partial charge is 0.390 e. The summed E-state index contributed by atoms with van der Waals surface area (Å²) in [5, 5.41) is 9.63. The van der Waals surface area contributed by atoms with Crippen molar-refractivity contribution in [2.45, 2.75) is 45.1 Å². The van der Waals surface area contributed by atoms with Gasteiger partial charge in [-0.2, -0.15) is 0 Å². The molecule has 0 amide bonds. The second kappa shape index (κ2) is 3.20. The van der Waals surface area contributed by atoms with Crippen molar-refractivity contribution in [2.75, 3.05) is 0 Å². The molecule has 0 aromatic heterocycles. The zero-order valence-electron chi connectivity index (χ0n) is 7.22. The molecule has 2 heteroatoms. The fourth-order valence-corrected chi connectivity index (χ4v) is 1.68. The van der Waals surface area contributed by atoms with Crippen LogP contribution in [0, 0.1) is 0 Å². The van der Waals surface area contributed by atoms with Crippen molar-refractivity contribution in [1.29, 1.82) is 0 Å². The van der Waals surface area contributed by atoms with Crippen LogP contribution in [0.15, 0.2) is 10.5 Å². The van der Waals surface area contributed by atoms with Gasteiger partial charge in [-0.25, -0.2) is 0 Å². The summed E-state index contributed by atoms with van der Waals surface area (Å²) in [5.74, 6) is 0. The van der Waals surface area contributed by atoms with Crippen LogP contribution in [-0.2, 0) is 0 Å². The monoisotopic (exact) mass is 172 g/mol. The lowest BCUT2D eigenvalue weighted by Gasteiger charge is -2.29. The van der Waals surface area contributed by atoms with Crippen LogP contribution in [-0.4, -0.2) is 10.7 Å². The van der Waals surface area contributed by atoms with Crippen molar-refractivity contribution in [1.82, 2.24) is 0 Å². The first-order valence-electron chi connectivity index (χ1n) is 4.11. The first-order chi connectivity index (χ1) is 5.01. The van der Waals surface area contributed by atoms with E-state index in [0.717, 1.165) is 30.6 Å². The van der Waals surface area contributed by atoms with Gasteiger partial charge in [0.25, 0.3) is 0 Å². The molecule has 0 atom stereocenters. The Bertz CT molecular complexity index is 166. The van der Waals surface area contributed by atoms with Crippen LogP contribution in [0.4, 0.5) is 0 Å². The molecule has 1 saturated carbocycles. The maximum absolute atomic E-state index is 9.63. The molecule has 0 aromatic rings. The quantitative estimate of drug-likeness (QED) is 0.538. The lowest BCUT2D eigenvalue weighted by atomic mass is 9.83. The number of hydrogen-bond donors (Lipinski definition) is 2. The lowest BCUT2D eigenvalue weighted by Crippen LogP contribution is -2.27. The summed E-state index contributed by atoms with van der Waals surface area (Å²) in [6, 6.07) is 0. The van der Waals surface area contributed by atoms with E-state index in [0.29, 0.717) is 0 Å². The minimum absolute atomic E-state index is 0.424. The average Bonchev–Trinajstić information content (AvgIpc) is 1.86. The fraction of sp³-hybridized carbons (Fsp3) is 0.778. The molecule has 0 bridgehead atoms. The molecule has 1 aliphatic rings. The molecule has 0 aromatic carbocycles. The van der Waals surface area contributed by atoms with Crippen LogP contribution in [0.3, 0.4) is 0 Å². The Morgan fingerprint density at radius 1 is 1.45 bits per heavy atom. The summed E-state index contributed by atoms with van der Waals surface area (Å²) in [7, 11) is 0. The maximum Gasteiger partial charge on any atom is 0.0625 e. The van der Waals surface area contributed by atoms with Gasteiger partial charge < -0.3 is 5.11 Å². The Morgan fingerprint density at radius 2 is 1.91 bits per heavy atom. The summed E-state index contributed by atoms with van der Waals surface area (Å²) >= 11 is 4.30. The standard InChI is InChI=1S/C9H16OS/c1-7(11)8-3-5-9(2,10)6-4-8/h10-11H,3-6H2,1-2H3. The minimum atomic E-state index is -0.424. The van der Waals surface area contributed by atoms with E-state index in [4.69, 9.17) is 0 Å². The van der Waals surface area contributed by atoms with Gasteiger partial charge in [-0.05, 0) is 44.4 Å². The highest BCUT2D eigenvalue weighted by atomic mass is 32.1. The molecule has 0 unspecified atom stereocenters. The zero-order chi connectivity index (χ0) is 8.48. The molecule has 0 radical (unpaired) electrons. The van der Waals surface area contributed by atoms with Crippen molar-refractivity contribution >= 4 is 12.6 Å². The van der Waals surface area contributed by atoms with Crippen molar-refractivity contribution < 1.29 is 5.11 Å².